The number of benzene rings is 6. The van der Waals surface area contributed by atoms with Crippen molar-refractivity contribution in [3.8, 4) is 22.3 Å². The maximum Gasteiger partial charge on any atom is 0.137 e. The first kappa shape index (κ1) is 26.1. The Balaban J connectivity index is 1.36. The highest BCUT2D eigenvalue weighted by Crippen LogP contribution is 2.45. The standard InChI is InChI=1S/C42H31NO/c1-4-13-30(14-5-1)32-23-25-35(26-24-32)43(36-20-12-19-34(27-36)31-15-6-2-7-16-31)40-29-42-39(37-21-10-11-22-41(37)44-42)28-38(40)33-17-8-3-9-18-33/h1-17,19-29,33H,18H2. The van der Waals surface area contributed by atoms with Crippen LogP contribution >= 0.6 is 0 Å². The van der Waals surface area contributed by atoms with E-state index in [1.54, 1.807) is 0 Å². The first-order valence-corrected chi connectivity index (χ1v) is 15.2. The van der Waals surface area contributed by atoms with Gasteiger partial charge in [-0.2, -0.15) is 0 Å². The highest BCUT2D eigenvalue weighted by Gasteiger charge is 2.24. The molecule has 0 N–H and O–H groups in total. The molecule has 8 rings (SSSR count). The van der Waals surface area contributed by atoms with Gasteiger partial charge in [-0.3, -0.25) is 0 Å². The van der Waals surface area contributed by atoms with Gasteiger partial charge >= 0.3 is 0 Å². The number of hydrogen-bond acceptors (Lipinski definition) is 2. The number of furan rings is 1. The summed E-state index contributed by atoms with van der Waals surface area (Å²) in [6, 6.07) is 51.9. The molecule has 0 saturated heterocycles. The summed E-state index contributed by atoms with van der Waals surface area (Å²) in [6.45, 7) is 0. The Morgan fingerprint density at radius 2 is 1.18 bits per heavy atom. The fraction of sp³-hybridized carbons (Fsp3) is 0.0476. The normalized spacial score (nSPS) is 14.3. The predicted molar refractivity (Wildman–Crippen MR) is 185 cm³/mol. The summed E-state index contributed by atoms with van der Waals surface area (Å²) in [7, 11) is 0. The monoisotopic (exact) mass is 565 g/mol. The summed E-state index contributed by atoms with van der Waals surface area (Å²) < 4.78 is 6.47. The van der Waals surface area contributed by atoms with Gasteiger partial charge < -0.3 is 9.32 Å². The smallest absolute Gasteiger partial charge is 0.137 e. The molecule has 0 radical (unpaired) electrons. The second kappa shape index (κ2) is 11.2. The number of fused-ring (bicyclic) bond motifs is 3. The third-order valence-electron chi connectivity index (χ3n) is 8.59. The molecule has 0 amide bonds. The van der Waals surface area contributed by atoms with Gasteiger partial charge in [0.15, 0.2) is 0 Å². The molecule has 1 aliphatic carbocycles. The zero-order valence-electron chi connectivity index (χ0n) is 24.3. The first-order chi connectivity index (χ1) is 21.8. The van der Waals surface area contributed by atoms with Crippen LogP contribution in [0.1, 0.15) is 17.9 Å². The first-order valence-electron chi connectivity index (χ1n) is 15.2. The Morgan fingerprint density at radius 1 is 0.500 bits per heavy atom. The Morgan fingerprint density at radius 3 is 1.93 bits per heavy atom. The SMILES string of the molecule is C1=CCC(c2cc3c(cc2N(c2ccc(-c4ccccc4)cc2)c2cccc(-c4ccccc4)c2)oc2ccccc23)C=C1. The van der Waals surface area contributed by atoms with Crippen LogP contribution in [0.2, 0.25) is 0 Å². The molecule has 7 aromatic rings. The van der Waals surface area contributed by atoms with Crippen molar-refractivity contribution < 1.29 is 4.42 Å². The average Bonchev–Trinajstić information content (AvgIpc) is 3.47. The second-order valence-corrected chi connectivity index (χ2v) is 11.3. The minimum absolute atomic E-state index is 0.247. The maximum absolute atomic E-state index is 6.47. The van der Waals surface area contributed by atoms with Crippen molar-refractivity contribution >= 4 is 39.0 Å². The molecule has 1 heterocycles. The summed E-state index contributed by atoms with van der Waals surface area (Å²) in [5.41, 5.74) is 11.2. The van der Waals surface area contributed by atoms with Crippen molar-refractivity contribution in [2.24, 2.45) is 0 Å². The molecular formula is C42H31NO. The molecular weight excluding hydrogens is 534 g/mol. The highest BCUT2D eigenvalue weighted by atomic mass is 16.3. The average molecular weight is 566 g/mol. The molecule has 1 aromatic heterocycles. The third-order valence-corrected chi connectivity index (χ3v) is 8.59. The van der Waals surface area contributed by atoms with Gasteiger partial charge in [0.1, 0.15) is 11.2 Å². The number of anilines is 3. The zero-order valence-corrected chi connectivity index (χ0v) is 24.3. The van der Waals surface area contributed by atoms with Gasteiger partial charge in [-0.15, -0.1) is 0 Å². The summed E-state index contributed by atoms with van der Waals surface area (Å²) >= 11 is 0. The Hall–Kier alpha value is -5.60. The minimum Gasteiger partial charge on any atom is -0.456 e. The van der Waals surface area contributed by atoms with Crippen LogP contribution in [0.4, 0.5) is 17.1 Å². The predicted octanol–water partition coefficient (Wildman–Crippen LogP) is 12.0. The van der Waals surface area contributed by atoms with Crippen LogP contribution < -0.4 is 4.90 Å². The topological polar surface area (TPSA) is 16.4 Å². The van der Waals surface area contributed by atoms with Crippen LogP contribution in [0.15, 0.2) is 174 Å². The van der Waals surface area contributed by atoms with Gasteiger partial charge in [-0.25, -0.2) is 0 Å². The molecule has 2 heteroatoms. The van der Waals surface area contributed by atoms with Crippen molar-refractivity contribution in [2.45, 2.75) is 12.3 Å². The molecule has 2 nitrogen and oxygen atoms in total. The number of allylic oxidation sites excluding steroid dienone is 4. The second-order valence-electron chi connectivity index (χ2n) is 11.3. The van der Waals surface area contributed by atoms with Gasteiger partial charge in [-0.1, -0.05) is 127 Å². The van der Waals surface area contributed by atoms with E-state index in [1.807, 2.05) is 6.07 Å². The largest absolute Gasteiger partial charge is 0.456 e. The summed E-state index contributed by atoms with van der Waals surface area (Å²) in [5, 5.41) is 2.30. The van der Waals surface area contributed by atoms with Crippen molar-refractivity contribution in [3.05, 3.63) is 175 Å². The van der Waals surface area contributed by atoms with E-state index in [0.29, 0.717) is 0 Å². The zero-order chi connectivity index (χ0) is 29.3. The maximum atomic E-state index is 6.47. The Kier molecular flexibility index (Phi) is 6.66. The molecule has 1 atom stereocenters. The Bertz CT molecular complexity index is 2140. The third kappa shape index (κ3) is 4.81. The molecule has 1 unspecified atom stereocenters. The van der Waals surface area contributed by atoms with Gasteiger partial charge in [0.2, 0.25) is 0 Å². The molecule has 44 heavy (non-hydrogen) atoms. The fourth-order valence-corrected chi connectivity index (χ4v) is 6.40. The highest BCUT2D eigenvalue weighted by molar-refractivity contribution is 6.07. The van der Waals surface area contributed by atoms with E-state index in [2.05, 4.69) is 169 Å². The van der Waals surface area contributed by atoms with Crippen LogP contribution in [0.3, 0.4) is 0 Å². The number of nitrogens with zero attached hydrogens (tertiary/aromatic N) is 1. The number of para-hydroxylation sites is 1. The summed E-state index contributed by atoms with van der Waals surface area (Å²) in [6.07, 6.45) is 9.86. The van der Waals surface area contributed by atoms with Crippen molar-refractivity contribution in [1.29, 1.82) is 0 Å². The van der Waals surface area contributed by atoms with E-state index in [4.69, 9.17) is 4.42 Å². The van der Waals surface area contributed by atoms with Crippen LogP contribution in [-0.2, 0) is 0 Å². The lowest BCUT2D eigenvalue weighted by molar-refractivity contribution is 0.668. The van der Waals surface area contributed by atoms with Crippen molar-refractivity contribution in [3.63, 3.8) is 0 Å². The minimum atomic E-state index is 0.247. The summed E-state index contributed by atoms with van der Waals surface area (Å²) in [4.78, 5) is 2.40. The molecule has 0 fully saturated rings. The van der Waals surface area contributed by atoms with E-state index in [1.165, 1.54) is 27.8 Å². The van der Waals surface area contributed by atoms with E-state index in [0.717, 1.165) is 45.4 Å². The summed E-state index contributed by atoms with van der Waals surface area (Å²) in [5.74, 6) is 0.247. The number of hydrogen-bond donors (Lipinski definition) is 0. The van der Waals surface area contributed by atoms with E-state index in [9.17, 15) is 0 Å². The lowest BCUT2D eigenvalue weighted by atomic mass is 9.89. The van der Waals surface area contributed by atoms with Crippen molar-refractivity contribution in [1.82, 2.24) is 0 Å². The molecule has 210 valence electrons. The molecule has 0 aliphatic heterocycles. The molecule has 0 saturated carbocycles. The quantitative estimate of drug-likeness (QED) is 0.199. The van der Waals surface area contributed by atoms with Crippen LogP contribution in [0, 0.1) is 0 Å². The Labute approximate surface area is 257 Å². The van der Waals surface area contributed by atoms with Gasteiger partial charge in [0.05, 0.1) is 5.69 Å². The van der Waals surface area contributed by atoms with Crippen LogP contribution in [0.25, 0.3) is 44.2 Å². The van der Waals surface area contributed by atoms with Crippen LogP contribution in [0.5, 0.6) is 0 Å². The molecule has 0 bridgehead atoms. The molecule has 0 spiro atoms. The lowest BCUT2D eigenvalue weighted by Crippen LogP contribution is -2.14. The van der Waals surface area contributed by atoms with Crippen LogP contribution in [-0.4, -0.2) is 0 Å². The van der Waals surface area contributed by atoms with Gasteiger partial charge in [0, 0.05) is 34.1 Å². The van der Waals surface area contributed by atoms with E-state index < -0.39 is 0 Å². The van der Waals surface area contributed by atoms with Gasteiger partial charge in [-0.05, 0) is 70.6 Å². The molecule has 1 aliphatic rings. The van der Waals surface area contributed by atoms with E-state index in [-0.39, 0.29) is 5.92 Å². The van der Waals surface area contributed by atoms with Crippen molar-refractivity contribution in [2.75, 3.05) is 4.90 Å². The number of rotatable bonds is 6. The van der Waals surface area contributed by atoms with Gasteiger partial charge in [0.25, 0.3) is 0 Å². The molecule has 6 aromatic carbocycles. The lowest BCUT2D eigenvalue weighted by Gasteiger charge is -2.30. The van der Waals surface area contributed by atoms with E-state index >= 15 is 0 Å². The fourth-order valence-electron chi connectivity index (χ4n) is 6.40.